The monoisotopic (exact) mass is 255 g/mol. The van der Waals surface area contributed by atoms with E-state index >= 15 is 0 Å². The van der Waals surface area contributed by atoms with E-state index in [0.29, 0.717) is 17.9 Å². The Morgan fingerprint density at radius 1 is 1.57 bits per heavy atom. The normalized spacial score (nSPS) is 20.4. The summed E-state index contributed by atoms with van der Waals surface area (Å²) in [5.41, 5.74) is 0.595. The quantitative estimate of drug-likeness (QED) is 0.770. The Balaban J connectivity index is 2.43. The van der Waals surface area contributed by atoms with Crippen molar-refractivity contribution in [1.29, 1.82) is 0 Å². The van der Waals surface area contributed by atoms with Gasteiger partial charge in [0.05, 0.1) is 11.6 Å². The Labute approximate surface area is 90.6 Å². The standard InChI is InChI=1S/C10H10BrNO2/c1-6-5-14-9-4-7(11)2-3-8(9)10(13)12-6/h2-4,6H,5H2,1H3,(H,12,13). The van der Waals surface area contributed by atoms with E-state index in [1.54, 1.807) is 6.07 Å². The lowest BCUT2D eigenvalue weighted by atomic mass is 10.2. The SMILES string of the molecule is CC1COc2cc(Br)ccc2C(=O)N1. The fraction of sp³-hybridized carbons (Fsp3) is 0.300. The summed E-state index contributed by atoms with van der Waals surface area (Å²) in [7, 11) is 0. The highest BCUT2D eigenvalue weighted by atomic mass is 79.9. The Morgan fingerprint density at radius 2 is 2.36 bits per heavy atom. The van der Waals surface area contributed by atoms with Crippen LogP contribution in [0.3, 0.4) is 0 Å². The molecule has 0 saturated heterocycles. The molecule has 1 aliphatic rings. The highest BCUT2D eigenvalue weighted by molar-refractivity contribution is 9.10. The van der Waals surface area contributed by atoms with Gasteiger partial charge in [0, 0.05) is 4.47 Å². The molecule has 0 fully saturated rings. The molecule has 1 N–H and O–H groups in total. The highest BCUT2D eigenvalue weighted by Gasteiger charge is 2.19. The van der Waals surface area contributed by atoms with Crippen LogP contribution in [0.1, 0.15) is 17.3 Å². The minimum absolute atomic E-state index is 0.0497. The van der Waals surface area contributed by atoms with Crippen LogP contribution in [-0.4, -0.2) is 18.6 Å². The molecule has 1 amide bonds. The van der Waals surface area contributed by atoms with Crippen LogP contribution in [0.5, 0.6) is 5.75 Å². The number of ether oxygens (including phenoxy) is 1. The Bertz CT molecular complexity index is 378. The maximum absolute atomic E-state index is 11.6. The number of carbonyl (C=O) groups excluding carboxylic acids is 1. The fourth-order valence-electron chi connectivity index (χ4n) is 1.36. The van der Waals surface area contributed by atoms with Crippen LogP contribution in [0.2, 0.25) is 0 Å². The van der Waals surface area contributed by atoms with E-state index in [4.69, 9.17) is 4.74 Å². The van der Waals surface area contributed by atoms with E-state index in [0.717, 1.165) is 4.47 Å². The van der Waals surface area contributed by atoms with E-state index in [1.165, 1.54) is 0 Å². The average molecular weight is 256 g/mol. The molecule has 0 saturated carbocycles. The lowest BCUT2D eigenvalue weighted by molar-refractivity contribution is 0.0942. The second kappa shape index (κ2) is 3.61. The molecule has 4 heteroatoms. The van der Waals surface area contributed by atoms with Crippen molar-refractivity contribution in [1.82, 2.24) is 5.32 Å². The average Bonchev–Trinajstić information content (AvgIpc) is 2.26. The minimum atomic E-state index is -0.0718. The number of hydrogen-bond donors (Lipinski definition) is 1. The molecular formula is C10H10BrNO2. The Morgan fingerprint density at radius 3 is 3.14 bits per heavy atom. The molecule has 1 unspecified atom stereocenters. The third-order valence-electron chi connectivity index (χ3n) is 2.05. The lowest BCUT2D eigenvalue weighted by Crippen LogP contribution is -2.33. The Kier molecular flexibility index (Phi) is 2.46. The number of fused-ring (bicyclic) bond motifs is 1. The van der Waals surface area contributed by atoms with Gasteiger partial charge in [-0.2, -0.15) is 0 Å². The number of nitrogens with one attached hydrogen (secondary N) is 1. The summed E-state index contributed by atoms with van der Waals surface area (Å²) in [5, 5.41) is 2.84. The molecular weight excluding hydrogens is 246 g/mol. The third kappa shape index (κ3) is 1.75. The molecule has 1 atom stereocenters. The van der Waals surface area contributed by atoms with E-state index in [-0.39, 0.29) is 11.9 Å². The van der Waals surface area contributed by atoms with Crippen molar-refractivity contribution in [3.05, 3.63) is 28.2 Å². The van der Waals surface area contributed by atoms with Crippen molar-refractivity contribution in [3.8, 4) is 5.75 Å². The summed E-state index contributed by atoms with van der Waals surface area (Å²) in [6.45, 7) is 2.42. The molecule has 1 aromatic carbocycles. The predicted molar refractivity (Wildman–Crippen MR) is 56.6 cm³/mol. The van der Waals surface area contributed by atoms with Gasteiger partial charge in [-0.15, -0.1) is 0 Å². The summed E-state index contributed by atoms with van der Waals surface area (Å²) in [6, 6.07) is 5.45. The van der Waals surface area contributed by atoms with Gasteiger partial charge in [0.1, 0.15) is 12.4 Å². The lowest BCUT2D eigenvalue weighted by Gasteiger charge is -2.07. The summed E-state index contributed by atoms with van der Waals surface area (Å²) in [4.78, 5) is 11.6. The van der Waals surface area contributed by atoms with Crippen molar-refractivity contribution in [2.45, 2.75) is 13.0 Å². The number of benzene rings is 1. The number of rotatable bonds is 0. The van der Waals surface area contributed by atoms with Crippen molar-refractivity contribution in [2.75, 3.05) is 6.61 Å². The fourth-order valence-corrected chi connectivity index (χ4v) is 1.70. The minimum Gasteiger partial charge on any atom is -0.491 e. The van der Waals surface area contributed by atoms with Crippen LogP contribution in [-0.2, 0) is 0 Å². The van der Waals surface area contributed by atoms with Gasteiger partial charge in [-0.05, 0) is 25.1 Å². The maximum Gasteiger partial charge on any atom is 0.255 e. The van der Waals surface area contributed by atoms with Crippen molar-refractivity contribution in [2.24, 2.45) is 0 Å². The van der Waals surface area contributed by atoms with Gasteiger partial charge < -0.3 is 10.1 Å². The first-order valence-electron chi connectivity index (χ1n) is 4.40. The predicted octanol–water partition coefficient (Wildman–Crippen LogP) is 1.96. The zero-order chi connectivity index (χ0) is 10.1. The van der Waals surface area contributed by atoms with Gasteiger partial charge in [0.2, 0.25) is 0 Å². The molecule has 0 aliphatic carbocycles. The van der Waals surface area contributed by atoms with E-state index < -0.39 is 0 Å². The van der Waals surface area contributed by atoms with Crippen LogP contribution in [0.25, 0.3) is 0 Å². The zero-order valence-corrected chi connectivity index (χ0v) is 9.30. The second-order valence-electron chi connectivity index (χ2n) is 3.33. The first-order valence-corrected chi connectivity index (χ1v) is 5.19. The van der Waals surface area contributed by atoms with Crippen LogP contribution >= 0.6 is 15.9 Å². The largest absolute Gasteiger partial charge is 0.491 e. The van der Waals surface area contributed by atoms with Gasteiger partial charge >= 0.3 is 0 Å². The van der Waals surface area contributed by atoms with Crippen LogP contribution in [0.4, 0.5) is 0 Å². The highest BCUT2D eigenvalue weighted by Crippen LogP contribution is 2.25. The van der Waals surface area contributed by atoms with Gasteiger partial charge in [0.15, 0.2) is 0 Å². The maximum atomic E-state index is 11.6. The van der Waals surface area contributed by atoms with Crippen LogP contribution in [0, 0.1) is 0 Å². The molecule has 1 aliphatic heterocycles. The molecule has 1 aromatic rings. The molecule has 0 radical (unpaired) electrons. The van der Waals surface area contributed by atoms with Crippen molar-refractivity contribution < 1.29 is 9.53 Å². The Hall–Kier alpha value is -1.03. The summed E-state index contributed by atoms with van der Waals surface area (Å²) < 4.78 is 6.41. The summed E-state index contributed by atoms with van der Waals surface area (Å²) in [6.07, 6.45) is 0. The zero-order valence-electron chi connectivity index (χ0n) is 7.71. The first kappa shape index (κ1) is 9.52. The third-order valence-corrected chi connectivity index (χ3v) is 2.55. The van der Waals surface area contributed by atoms with E-state index in [1.807, 2.05) is 19.1 Å². The van der Waals surface area contributed by atoms with E-state index in [2.05, 4.69) is 21.2 Å². The van der Waals surface area contributed by atoms with Gasteiger partial charge in [-0.3, -0.25) is 4.79 Å². The van der Waals surface area contributed by atoms with Crippen molar-refractivity contribution in [3.63, 3.8) is 0 Å². The number of hydrogen-bond acceptors (Lipinski definition) is 2. The van der Waals surface area contributed by atoms with Crippen LogP contribution in [0.15, 0.2) is 22.7 Å². The second-order valence-corrected chi connectivity index (χ2v) is 4.24. The molecule has 3 nitrogen and oxygen atoms in total. The number of carbonyl (C=O) groups is 1. The first-order chi connectivity index (χ1) is 6.66. The topological polar surface area (TPSA) is 38.3 Å². The summed E-state index contributed by atoms with van der Waals surface area (Å²) in [5.74, 6) is 0.568. The smallest absolute Gasteiger partial charge is 0.255 e. The van der Waals surface area contributed by atoms with E-state index in [9.17, 15) is 4.79 Å². The number of halogens is 1. The molecule has 0 aromatic heterocycles. The molecule has 0 bridgehead atoms. The molecule has 0 spiro atoms. The van der Waals surface area contributed by atoms with Gasteiger partial charge in [0.25, 0.3) is 5.91 Å². The van der Waals surface area contributed by atoms with Gasteiger partial charge in [-0.25, -0.2) is 0 Å². The molecule has 1 heterocycles. The van der Waals surface area contributed by atoms with Gasteiger partial charge in [-0.1, -0.05) is 15.9 Å². The molecule has 2 rings (SSSR count). The van der Waals surface area contributed by atoms with Crippen LogP contribution < -0.4 is 10.1 Å². The molecule has 14 heavy (non-hydrogen) atoms. The van der Waals surface area contributed by atoms with Crippen molar-refractivity contribution >= 4 is 21.8 Å². The molecule has 74 valence electrons. The number of amides is 1. The summed E-state index contributed by atoms with van der Waals surface area (Å²) >= 11 is 3.34.